The number of nitrogens with one attached hydrogen (secondary N) is 2. The molecule has 0 unspecified atom stereocenters. The monoisotopic (exact) mass is 448 g/mol. The summed E-state index contributed by atoms with van der Waals surface area (Å²) in [5.41, 5.74) is 3.11. The molecule has 0 spiro atoms. The SMILES string of the molecule is CN1C[C@H](c2cc[nH]n2)Cn2nc3c(c2C1=O)CN(C(=O)Nc1ccc(F)c(C#N)c1)CC3. The van der Waals surface area contributed by atoms with Crippen LogP contribution in [0.5, 0.6) is 0 Å². The Balaban J connectivity index is 1.39. The predicted molar refractivity (Wildman–Crippen MR) is 115 cm³/mol. The standard InChI is InChI=1S/C22H21FN8O2/c1-29-10-14(18-4-6-25-27-18)11-31-20(21(29)32)16-12-30(7-5-19(16)28-31)22(33)26-15-2-3-17(23)13(8-15)9-24/h2-4,6,8,14H,5,7,10-12H2,1H3,(H,25,27)(H,26,33)/t14-/m0/s1. The Bertz CT molecular complexity index is 1280. The fraction of sp³-hybridized carbons (Fsp3) is 0.318. The number of hydrogen-bond acceptors (Lipinski definition) is 5. The first kappa shape index (κ1) is 20.7. The van der Waals surface area contributed by atoms with Crippen LogP contribution in [0.1, 0.15) is 38.9 Å². The van der Waals surface area contributed by atoms with Crippen LogP contribution in [0.2, 0.25) is 0 Å². The molecule has 2 aliphatic heterocycles. The molecule has 0 saturated heterocycles. The number of rotatable bonds is 2. The summed E-state index contributed by atoms with van der Waals surface area (Å²) in [4.78, 5) is 29.3. The predicted octanol–water partition coefficient (Wildman–Crippen LogP) is 2.08. The molecule has 1 atom stereocenters. The van der Waals surface area contributed by atoms with Gasteiger partial charge in [0.05, 0.1) is 30.0 Å². The van der Waals surface area contributed by atoms with E-state index in [1.165, 1.54) is 12.1 Å². The Morgan fingerprint density at radius 3 is 2.94 bits per heavy atom. The summed E-state index contributed by atoms with van der Waals surface area (Å²) >= 11 is 0. The molecule has 0 saturated carbocycles. The largest absolute Gasteiger partial charge is 0.340 e. The van der Waals surface area contributed by atoms with Crippen molar-refractivity contribution in [3.05, 3.63) is 64.5 Å². The molecule has 3 amide bonds. The highest BCUT2D eigenvalue weighted by atomic mass is 19.1. The van der Waals surface area contributed by atoms with Gasteiger partial charge in [0.25, 0.3) is 5.91 Å². The lowest BCUT2D eigenvalue weighted by atomic mass is 10.0. The minimum atomic E-state index is -0.642. The first-order valence-electron chi connectivity index (χ1n) is 10.5. The van der Waals surface area contributed by atoms with Crippen molar-refractivity contribution in [2.75, 3.05) is 25.5 Å². The number of H-pyrrole nitrogens is 1. The van der Waals surface area contributed by atoms with E-state index in [-0.39, 0.29) is 30.0 Å². The quantitative estimate of drug-likeness (QED) is 0.621. The van der Waals surface area contributed by atoms with Gasteiger partial charge in [0, 0.05) is 49.9 Å². The number of benzene rings is 1. The van der Waals surface area contributed by atoms with E-state index >= 15 is 0 Å². The summed E-state index contributed by atoms with van der Waals surface area (Å²) < 4.78 is 15.3. The van der Waals surface area contributed by atoms with Crippen LogP contribution in [-0.4, -0.2) is 61.9 Å². The number of hydrogen-bond donors (Lipinski definition) is 2. The highest BCUT2D eigenvalue weighted by Gasteiger charge is 2.35. The van der Waals surface area contributed by atoms with Crippen LogP contribution in [0.15, 0.2) is 30.5 Å². The molecule has 33 heavy (non-hydrogen) atoms. The number of carbonyl (C=O) groups excluding carboxylic acids is 2. The Kier molecular flexibility index (Phi) is 5.05. The molecule has 0 radical (unpaired) electrons. The molecule has 2 aromatic heterocycles. The van der Waals surface area contributed by atoms with E-state index in [0.717, 1.165) is 23.0 Å². The third-order valence-corrected chi connectivity index (χ3v) is 6.10. The van der Waals surface area contributed by atoms with E-state index in [2.05, 4.69) is 15.5 Å². The third kappa shape index (κ3) is 3.69. The average molecular weight is 448 g/mol. The van der Waals surface area contributed by atoms with Crippen LogP contribution >= 0.6 is 0 Å². The van der Waals surface area contributed by atoms with Crippen molar-refractivity contribution >= 4 is 17.6 Å². The molecule has 1 aromatic carbocycles. The molecule has 2 N–H and O–H groups in total. The van der Waals surface area contributed by atoms with Gasteiger partial charge in [-0.1, -0.05) is 0 Å². The van der Waals surface area contributed by atoms with E-state index in [1.54, 1.807) is 33.8 Å². The number of amides is 3. The molecule has 0 bridgehead atoms. The van der Waals surface area contributed by atoms with Gasteiger partial charge < -0.3 is 15.1 Å². The normalized spacial score (nSPS) is 17.7. The molecule has 0 aliphatic carbocycles. The highest BCUT2D eigenvalue weighted by Crippen LogP contribution is 2.29. The Morgan fingerprint density at radius 2 is 2.18 bits per heavy atom. The van der Waals surface area contributed by atoms with E-state index in [4.69, 9.17) is 10.4 Å². The summed E-state index contributed by atoms with van der Waals surface area (Å²) in [5, 5.41) is 23.5. The maximum absolute atomic E-state index is 13.6. The van der Waals surface area contributed by atoms with Gasteiger partial charge in [-0.25, -0.2) is 9.18 Å². The minimum Gasteiger partial charge on any atom is -0.340 e. The van der Waals surface area contributed by atoms with Gasteiger partial charge >= 0.3 is 6.03 Å². The van der Waals surface area contributed by atoms with Crippen molar-refractivity contribution in [3.8, 4) is 6.07 Å². The highest BCUT2D eigenvalue weighted by molar-refractivity contribution is 5.95. The van der Waals surface area contributed by atoms with Gasteiger partial charge in [0.15, 0.2) is 0 Å². The number of fused-ring (bicyclic) bond motifs is 3. The van der Waals surface area contributed by atoms with Crippen LogP contribution in [-0.2, 0) is 19.5 Å². The number of nitriles is 1. The summed E-state index contributed by atoms with van der Waals surface area (Å²) in [5.74, 6) is -0.780. The zero-order valence-corrected chi connectivity index (χ0v) is 17.9. The fourth-order valence-corrected chi connectivity index (χ4v) is 4.41. The maximum atomic E-state index is 13.6. The number of halogens is 1. The molecule has 4 heterocycles. The molecular formula is C22H21FN8O2. The lowest BCUT2D eigenvalue weighted by Crippen LogP contribution is -2.39. The van der Waals surface area contributed by atoms with Crippen LogP contribution in [0.4, 0.5) is 14.9 Å². The Hall–Kier alpha value is -4.20. The lowest BCUT2D eigenvalue weighted by molar-refractivity contribution is 0.0788. The number of aromatic amines is 1. The molecule has 0 fully saturated rings. The minimum absolute atomic E-state index is 0.0000101. The van der Waals surface area contributed by atoms with Gasteiger partial charge in [-0.05, 0) is 24.3 Å². The van der Waals surface area contributed by atoms with Gasteiger partial charge in [-0.2, -0.15) is 15.5 Å². The number of likely N-dealkylation sites (N-methyl/N-ethyl adjacent to an activating group) is 1. The lowest BCUT2D eigenvalue weighted by Gasteiger charge is -2.27. The third-order valence-electron chi connectivity index (χ3n) is 6.10. The van der Waals surface area contributed by atoms with Gasteiger partial charge in [0.2, 0.25) is 0 Å². The van der Waals surface area contributed by atoms with Gasteiger partial charge in [0.1, 0.15) is 17.6 Å². The molecule has 3 aromatic rings. The van der Waals surface area contributed by atoms with Crippen molar-refractivity contribution in [1.29, 1.82) is 5.26 Å². The van der Waals surface area contributed by atoms with Crippen molar-refractivity contribution in [2.45, 2.75) is 25.4 Å². The van der Waals surface area contributed by atoms with Crippen LogP contribution < -0.4 is 5.32 Å². The second kappa shape index (κ2) is 8.05. The molecular weight excluding hydrogens is 427 g/mol. The van der Waals surface area contributed by atoms with Crippen LogP contribution in [0, 0.1) is 17.1 Å². The van der Waals surface area contributed by atoms with Crippen LogP contribution in [0.25, 0.3) is 0 Å². The summed E-state index contributed by atoms with van der Waals surface area (Å²) in [6, 6.07) is 7.11. The van der Waals surface area contributed by atoms with Gasteiger partial charge in [-0.3, -0.25) is 14.6 Å². The first-order valence-corrected chi connectivity index (χ1v) is 10.5. The topological polar surface area (TPSA) is 123 Å². The number of urea groups is 1. The number of carbonyl (C=O) groups is 2. The van der Waals surface area contributed by atoms with E-state index in [9.17, 15) is 14.0 Å². The summed E-state index contributed by atoms with van der Waals surface area (Å²) in [6.07, 6.45) is 2.27. The molecule has 11 heteroatoms. The Labute approximate surface area is 188 Å². The summed E-state index contributed by atoms with van der Waals surface area (Å²) in [7, 11) is 1.76. The number of aromatic nitrogens is 4. The molecule has 5 rings (SSSR count). The average Bonchev–Trinajstić information content (AvgIpc) is 3.44. The van der Waals surface area contributed by atoms with Gasteiger partial charge in [-0.15, -0.1) is 0 Å². The van der Waals surface area contributed by atoms with Crippen molar-refractivity contribution < 1.29 is 14.0 Å². The second-order valence-corrected chi connectivity index (χ2v) is 8.25. The van der Waals surface area contributed by atoms with Crippen molar-refractivity contribution in [1.82, 2.24) is 29.8 Å². The van der Waals surface area contributed by atoms with Crippen molar-refractivity contribution in [3.63, 3.8) is 0 Å². The van der Waals surface area contributed by atoms with Crippen LogP contribution in [0.3, 0.4) is 0 Å². The fourth-order valence-electron chi connectivity index (χ4n) is 4.41. The van der Waals surface area contributed by atoms with Crippen molar-refractivity contribution in [2.24, 2.45) is 0 Å². The number of anilines is 1. The first-order chi connectivity index (χ1) is 15.9. The molecule has 2 aliphatic rings. The maximum Gasteiger partial charge on any atom is 0.322 e. The molecule has 10 nitrogen and oxygen atoms in total. The van der Waals surface area contributed by atoms with E-state index in [1.807, 2.05) is 6.07 Å². The zero-order valence-electron chi connectivity index (χ0n) is 17.9. The smallest absolute Gasteiger partial charge is 0.322 e. The second-order valence-electron chi connectivity index (χ2n) is 8.25. The molecule has 168 valence electrons. The zero-order chi connectivity index (χ0) is 23.1. The van der Waals surface area contributed by atoms with E-state index in [0.29, 0.717) is 37.4 Å². The summed E-state index contributed by atoms with van der Waals surface area (Å²) in [6.45, 7) is 1.68. The Morgan fingerprint density at radius 1 is 1.33 bits per heavy atom. The number of nitrogens with zero attached hydrogens (tertiary/aromatic N) is 6. The van der Waals surface area contributed by atoms with E-state index < -0.39 is 5.82 Å².